The van der Waals surface area contributed by atoms with Crippen LogP contribution in [-0.2, 0) is 23.8 Å². The van der Waals surface area contributed by atoms with E-state index in [1.54, 1.807) is 13.8 Å². The van der Waals surface area contributed by atoms with Crippen LogP contribution >= 0.6 is 0 Å². The van der Waals surface area contributed by atoms with E-state index in [-0.39, 0.29) is 12.5 Å². The zero-order chi connectivity index (χ0) is 15.6. The Labute approximate surface area is 122 Å². The summed E-state index contributed by atoms with van der Waals surface area (Å²) < 4.78 is 15.5. The number of esters is 2. The van der Waals surface area contributed by atoms with Crippen molar-refractivity contribution >= 4 is 11.9 Å². The number of carbonyl (C=O) groups excluding carboxylic acids is 2. The summed E-state index contributed by atoms with van der Waals surface area (Å²) in [6, 6.07) is 0. The molecule has 118 valence electrons. The van der Waals surface area contributed by atoms with Gasteiger partial charge in [0.25, 0.3) is 0 Å². The highest BCUT2D eigenvalue weighted by molar-refractivity contribution is 5.99. The third-order valence-electron chi connectivity index (χ3n) is 3.20. The molecule has 0 aliphatic heterocycles. The lowest BCUT2D eigenvalue weighted by Gasteiger charge is -2.27. The summed E-state index contributed by atoms with van der Waals surface area (Å²) in [7, 11) is 0. The fraction of sp³-hybridized carbons (Fsp3) is 0.867. The van der Waals surface area contributed by atoms with Crippen LogP contribution in [-0.4, -0.2) is 38.4 Å². The minimum atomic E-state index is -1.19. The molecule has 0 aromatic carbocycles. The first-order valence-electron chi connectivity index (χ1n) is 7.36. The van der Waals surface area contributed by atoms with Gasteiger partial charge in [0.05, 0.1) is 13.2 Å². The van der Waals surface area contributed by atoms with E-state index in [4.69, 9.17) is 14.2 Å². The van der Waals surface area contributed by atoms with Crippen LogP contribution in [0, 0.1) is 11.3 Å². The van der Waals surface area contributed by atoms with Crippen LogP contribution < -0.4 is 0 Å². The van der Waals surface area contributed by atoms with Gasteiger partial charge in [0.1, 0.15) is 6.61 Å². The summed E-state index contributed by atoms with van der Waals surface area (Å²) in [6.07, 6.45) is 0.738. The highest BCUT2D eigenvalue weighted by Gasteiger charge is 2.45. The van der Waals surface area contributed by atoms with Crippen molar-refractivity contribution in [3.63, 3.8) is 0 Å². The molecule has 0 aromatic rings. The molecule has 5 nitrogen and oxygen atoms in total. The summed E-state index contributed by atoms with van der Waals surface area (Å²) >= 11 is 0. The SMILES string of the molecule is CCOCCOC(=O)C(CC)(CC)C(=O)OCC(C)C. The predicted octanol–water partition coefficient (Wildman–Crippen LogP) is 2.57. The standard InChI is InChI=1S/C15H28O5/c1-6-15(7-2,14(17)20-11-12(4)5)13(16)19-10-9-18-8-3/h12H,6-11H2,1-5H3. The highest BCUT2D eigenvalue weighted by Crippen LogP contribution is 2.30. The first kappa shape index (κ1) is 18.9. The van der Waals surface area contributed by atoms with Gasteiger partial charge in [-0.25, -0.2) is 0 Å². The molecule has 0 atom stereocenters. The number of hydrogen-bond acceptors (Lipinski definition) is 5. The van der Waals surface area contributed by atoms with Crippen molar-refractivity contribution in [3.05, 3.63) is 0 Å². The largest absolute Gasteiger partial charge is 0.465 e. The second kappa shape index (κ2) is 9.75. The van der Waals surface area contributed by atoms with Crippen molar-refractivity contribution < 1.29 is 23.8 Å². The fourth-order valence-corrected chi connectivity index (χ4v) is 1.77. The Bertz CT molecular complexity index is 295. The molecule has 0 saturated heterocycles. The van der Waals surface area contributed by atoms with Crippen LogP contribution in [0.3, 0.4) is 0 Å². The molecule has 0 radical (unpaired) electrons. The molecule has 0 spiro atoms. The van der Waals surface area contributed by atoms with Crippen LogP contribution in [0.4, 0.5) is 0 Å². The molecule has 0 aliphatic carbocycles. The number of ether oxygens (including phenoxy) is 3. The maximum atomic E-state index is 12.2. The van der Waals surface area contributed by atoms with Gasteiger partial charge < -0.3 is 14.2 Å². The smallest absolute Gasteiger partial charge is 0.323 e. The van der Waals surface area contributed by atoms with E-state index in [9.17, 15) is 9.59 Å². The quantitative estimate of drug-likeness (QED) is 0.351. The van der Waals surface area contributed by atoms with Gasteiger partial charge >= 0.3 is 11.9 Å². The molecule has 0 saturated carbocycles. The van der Waals surface area contributed by atoms with Crippen molar-refractivity contribution in [3.8, 4) is 0 Å². The van der Waals surface area contributed by atoms with Crippen LogP contribution in [0.5, 0.6) is 0 Å². The van der Waals surface area contributed by atoms with Crippen molar-refractivity contribution in [1.82, 2.24) is 0 Å². The Morgan fingerprint density at radius 1 is 0.950 bits per heavy atom. The number of hydrogen-bond donors (Lipinski definition) is 0. The molecule has 0 fully saturated rings. The van der Waals surface area contributed by atoms with Gasteiger partial charge in [-0.2, -0.15) is 0 Å². The van der Waals surface area contributed by atoms with E-state index >= 15 is 0 Å². The Morgan fingerprint density at radius 2 is 1.50 bits per heavy atom. The van der Waals surface area contributed by atoms with Gasteiger partial charge in [0, 0.05) is 6.61 Å². The minimum absolute atomic E-state index is 0.159. The lowest BCUT2D eigenvalue weighted by Crippen LogP contribution is -2.42. The summed E-state index contributed by atoms with van der Waals surface area (Å²) in [5.41, 5.74) is -1.19. The number of rotatable bonds is 10. The Morgan fingerprint density at radius 3 is 1.95 bits per heavy atom. The van der Waals surface area contributed by atoms with E-state index in [1.165, 1.54) is 0 Å². The Kier molecular flexibility index (Phi) is 9.21. The average molecular weight is 288 g/mol. The van der Waals surface area contributed by atoms with E-state index in [2.05, 4.69) is 0 Å². The van der Waals surface area contributed by atoms with Crippen LogP contribution in [0.1, 0.15) is 47.5 Å². The molecule has 0 aliphatic rings. The van der Waals surface area contributed by atoms with Crippen molar-refractivity contribution in [1.29, 1.82) is 0 Å². The molecular formula is C15H28O5. The zero-order valence-electron chi connectivity index (χ0n) is 13.4. The van der Waals surface area contributed by atoms with E-state index in [0.717, 1.165) is 0 Å². The topological polar surface area (TPSA) is 61.8 Å². The molecule has 0 bridgehead atoms. The first-order chi connectivity index (χ1) is 9.44. The summed E-state index contributed by atoms with van der Waals surface area (Å²) in [5.74, 6) is -0.770. The van der Waals surface area contributed by atoms with E-state index in [1.807, 2.05) is 20.8 Å². The molecule has 0 amide bonds. The predicted molar refractivity (Wildman–Crippen MR) is 76.3 cm³/mol. The lowest BCUT2D eigenvalue weighted by molar-refractivity contribution is -0.174. The molecule has 0 N–H and O–H groups in total. The maximum Gasteiger partial charge on any atom is 0.323 e. The average Bonchev–Trinajstić information content (AvgIpc) is 2.43. The number of carbonyl (C=O) groups is 2. The van der Waals surface area contributed by atoms with E-state index in [0.29, 0.717) is 32.7 Å². The van der Waals surface area contributed by atoms with Crippen LogP contribution in [0.15, 0.2) is 0 Å². The Balaban J connectivity index is 4.63. The normalized spacial score (nSPS) is 11.5. The monoisotopic (exact) mass is 288 g/mol. The van der Waals surface area contributed by atoms with Crippen molar-refractivity contribution in [2.24, 2.45) is 11.3 Å². The summed E-state index contributed by atoms with van der Waals surface area (Å²) in [5, 5.41) is 0. The zero-order valence-corrected chi connectivity index (χ0v) is 13.4. The molecule has 5 heteroatoms. The molecule has 0 aromatic heterocycles. The first-order valence-corrected chi connectivity index (χ1v) is 7.36. The highest BCUT2D eigenvalue weighted by atomic mass is 16.6. The van der Waals surface area contributed by atoms with E-state index < -0.39 is 17.4 Å². The molecule has 20 heavy (non-hydrogen) atoms. The second-order valence-electron chi connectivity index (χ2n) is 5.11. The van der Waals surface area contributed by atoms with Gasteiger partial charge in [-0.3, -0.25) is 9.59 Å². The van der Waals surface area contributed by atoms with Crippen molar-refractivity contribution in [2.45, 2.75) is 47.5 Å². The van der Waals surface area contributed by atoms with Gasteiger partial charge in [-0.1, -0.05) is 27.7 Å². The van der Waals surface area contributed by atoms with Gasteiger partial charge in [0.2, 0.25) is 0 Å². The van der Waals surface area contributed by atoms with Gasteiger partial charge in [-0.15, -0.1) is 0 Å². The summed E-state index contributed by atoms with van der Waals surface area (Å²) in [4.78, 5) is 24.4. The van der Waals surface area contributed by atoms with Crippen LogP contribution in [0.2, 0.25) is 0 Å². The van der Waals surface area contributed by atoms with Gasteiger partial charge in [-0.05, 0) is 25.7 Å². The third kappa shape index (κ3) is 5.49. The van der Waals surface area contributed by atoms with Crippen LogP contribution in [0.25, 0.3) is 0 Å². The second-order valence-corrected chi connectivity index (χ2v) is 5.11. The molecule has 0 rings (SSSR count). The third-order valence-corrected chi connectivity index (χ3v) is 3.20. The van der Waals surface area contributed by atoms with Crippen molar-refractivity contribution in [2.75, 3.05) is 26.4 Å². The summed E-state index contributed by atoms with van der Waals surface area (Å²) in [6.45, 7) is 10.7. The molecule has 0 heterocycles. The van der Waals surface area contributed by atoms with Gasteiger partial charge in [0.15, 0.2) is 5.41 Å². The minimum Gasteiger partial charge on any atom is -0.465 e. The maximum absolute atomic E-state index is 12.2. The fourth-order valence-electron chi connectivity index (χ4n) is 1.77. The molecule has 0 unspecified atom stereocenters. The molecular weight excluding hydrogens is 260 g/mol. The lowest BCUT2D eigenvalue weighted by atomic mass is 9.82. The Hall–Kier alpha value is -1.10.